The number of nitrogens with one attached hydrogen (secondary N) is 1. The summed E-state index contributed by atoms with van der Waals surface area (Å²) in [5.74, 6) is -2.46. The van der Waals surface area contributed by atoms with Gasteiger partial charge in [0.1, 0.15) is 17.2 Å². The summed E-state index contributed by atoms with van der Waals surface area (Å²) in [5.41, 5.74) is -0.621. The maximum Gasteiger partial charge on any atom is 0.257 e. The molecule has 3 nitrogen and oxygen atoms in total. The van der Waals surface area contributed by atoms with Crippen molar-refractivity contribution in [2.75, 3.05) is 13.2 Å². The van der Waals surface area contributed by atoms with Gasteiger partial charge in [0.05, 0.1) is 0 Å². The molecule has 0 bridgehead atoms. The highest BCUT2D eigenvalue weighted by molar-refractivity contribution is 5.94. The Hall–Kier alpha value is -1.49. The SMILES string of the molecule is O=C(NCC1(CCO)CC1)c1c(F)cccc1F. The van der Waals surface area contributed by atoms with Crippen molar-refractivity contribution in [1.82, 2.24) is 5.32 Å². The Labute approximate surface area is 104 Å². The van der Waals surface area contributed by atoms with Crippen LogP contribution in [0.3, 0.4) is 0 Å². The van der Waals surface area contributed by atoms with E-state index in [1.807, 2.05) is 0 Å². The Morgan fingerprint density at radius 3 is 2.44 bits per heavy atom. The molecule has 0 unspecified atom stereocenters. The molecule has 1 amide bonds. The molecular formula is C13H15F2NO2. The summed E-state index contributed by atoms with van der Waals surface area (Å²) in [6.07, 6.45) is 2.45. The highest BCUT2D eigenvalue weighted by atomic mass is 19.1. The van der Waals surface area contributed by atoms with Crippen LogP contribution in [0.5, 0.6) is 0 Å². The lowest BCUT2D eigenvalue weighted by Crippen LogP contribution is -2.31. The lowest BCUT2D eigenvalue weighted by Gasteiger charge is -2.14. The van der Waals surface area contributed by atoms with Gasteiger partial charge in [-0.05, 0) is 36.8 Å². The summed E-state index contributed by atoms with van der Waals surface area (Å²) >= 11 is 0. The molecule has 2 N–H and O–H groups in total. The predicted octanol–water partition coefficient (Wildman–Crippen LogP) is 1.86. The number of carbonyl (C=O) groups excluding carboxylic acids is 1. The van der Waals surface area contributed by atoms with Crippen LogP contribution in [0.15, 0.2) is 18.2 Å². The Balaban J connectivity index is 2.00. The number of hydrogen-bond donors (Lipinski definition) is 2. The Morgan fingerprint density at radius 1 is 1.33 bits per heavy atom. The van der Waals surface area contributed by atoms with E-state index in [4.69, 9.17) is 5.11 Å². The van der Waals surface area contributed by atoms with Crippen LogP contribution in [0, 0.1) is 17.0 Å². The van der Waals surface area contributed by atoms with E-state index in [0.29, 0.717) is 13.0 Å². The number of halogens is 2. The predicted molar refractivity (Wildman–Crippen MR) is 62.1 cm³/mol. The summed E-state index contributed by atoms with van der Waals surface area (Å²) in [4.78, 5) is 11.7. The summed E-state index contributed by atoms with van der Waals surface area (Å²) in [6, 6.07) is 3.33. The molecule has 98 valence electrons. The van der Waals surface area contributed by atoms with Gasteiger partial charge in [-0.2, -0.15) is 0 Å². The van der Waals surface area contributed by atoms with Crippen molar-refractivity contribution in [2.45, 2.75) is 19.3 Å². The van der Waals surface area contributed by atoms with E-state index in [1.54, 1.807) is 0 Å². The minimum absolute atomic E-state index is 0.0595. The number of aliphatic hydroxyl groups excluding tert-OH is 1. The maximum atomic E-state index is 13.3. The number of carbonyl (C=O) groups is 1. The van der Waals surface area contributed by atoms with Crippen molar-refractivity contribution in [3.05, 3.63) is 35.4 Å². The van der Waals surface area contributed by atoms with Crippen LogP contribution in [0.2, 0.25) is 0 Å². The minimum Gasteiger partial charge on any atom is -0.396 e. The van der Waals surface area contributed by atoms with Gasteiger partial charge >= 0.3 is 0 Å². The van der Waals surface area contributed by atoms with Crippen molar-refractivity contribution < 1.29 is 18.7 Å². The molecule has 0 spiro atoms. The topological polar surface area (TPSA) is 49.3 Å². The molecule has 1 saturated carbocycles. The lowest BCUT2D eigenvalue weighted by molar-refractivity contribution is 0.0932. The zero-order valence-electron chi connectivity index (χ0n) is 9.88. The van der Waals surface area contributed by atoms with E-state index in [9.17, 15) is 13.6 Å². The third kappa shape index (κ3) is 2.67. The third-order valence-corrected chi connectivity index (χ3v) is 3.41. The maximum absolute atomic E-state index is 13.3. The van der Waals surface area contributed by atoms with Gasteiger partial charge in [0.2, 0.25) is 0 Å². The van der Waals surface area contributed by atoms with Crippen LogP contribution in [0.1, 0.15) is 29.6 Å². The van der Waals surface area contributed by atoms with Crippen LogP contribution in [0.4, 0.5) is 8.78 Å². The Bertz CT molecular complexity index is 438. The molecular weight excluding hydrogens is 240 g/mol. The molecule has 2 rings (SSSR count). The first kappa shape index (κ1) is 13.0. The molecule has 0 atom stereocenters. The van der Waals surface area contributed by atoms with Gasteiger partial charge in [-0.25, -0.2) is 8.78 Å². The highest BCUT2D eigenvalue weighted by Crippen LogP contribution is 2.47. The minimum atomic E-state index is -0.862. The second-order valence-corrected chi connectivity index (χ2v) is 4.75. The molecule has 0 aliphatic heterocycles. The number of benzene rings is 1. The van der Waals surface area contributed by atoms with E-state index in [1.165, 1.54) is 6.07 Å². The van der Waals surface area contributed by atoms with Gasteiger partial charge in [0.15, 0.2) is 0 Å². The Morgan fingerprint density at radius 2 is 1.94 bits per heavy atom. The normalized spacial score (nSPS) is 16.4. The number of aliphatic hydroxyl groups is 1. The van der Waals surface area contributed by atoms with Crippen LogP contribution < -0.4 is 5.32 Å². The summed E-state index contributed by atoms with van der Waals surface area (Å²) in [5, 5.41) is 11.4. The van der Waals surface area contributed by atoms with E-state index in [2.05, 4.69) is 5.32 Å². The summed E-state index contributed by atoms with van der Waals surface area (Å²) in [7, 11) is 0. The van der Waals surface area contributed by atoms with Crippen molar-refractivity contribution in [3.63, 3.8) is 0 Å². The van der Waals surface area contributed by atoms with Gasteiger partial charge in [-0.15, -0.1) is 0 Å². The van der Waals surface area contributed by atoms with Gasteiger partial charge in [-0.3, -0.25) is 4.79 Å². The first-order valence-corrected chi connectivity index (χ1v) is 5.91. The quantitative estimate of drug-likeness (QED) is 0.843. The molecule has 1 aromatic carbocycles. The van der Waals surface area contributed by atoms with Crippen molar-refractivity contribution in [1.29, 1.82) is 0 Å². The zero-order valence-corrected chi connectivity index (χ0v) is 9.88. The van der Waals surface area contributed by atoms with Gasteiger partial charge < -0.3 is 10.4 Å². The van der Waals surface area contributed by atoms with Crippen LogP contribution >= 0.6 is 0 Å². The molecule has 0 radical (unpaired) electrons. The highest BCUT2D eigenvalue weighted by Gasteiger charge is 2.42. The van der Waals surface area contributed by atoms with Crippen LogP contribution in [0.25, 0.3) is 0 Å². The second-order valence-electron chi connectivity index (χ2n) is 4.75. The van der Waals surface area contributed by atoms with Crippen molar-refractivity contribution >= 4 is 5.91 Å². The van der Waals surface area contributed by atoms with E-state index in [-0.39, 0.29) is 12.0 Å². The average Bonchev–Trinajstić information content (AvgIpc) is 3.07. The largest absolute Gasteiger partial charge is 0.396 e. The summed E-state index contributed by atoms with van der Waals surface area (Å²) in [6.45, 7) is 0.407. The molecule has 0 saturated heterocycles. The standard InChI is InChI=1S/C13H15F2NO2/c14-9-2-1-3-10(15)11(9)12(18)16-8-13(4-5-13)6-7-17/h1-3,17H,4-8H2,(H,16,18). The third-order valence-electron chi connectivity index (χ3n) is 3.41. The molecule has 1 aliphatic rings. The van der Waals surface area contributed by atoms with Crippen LogP contribution in [-0.4, -0.2) is 24.2 Å². The molecule has 1 aromatic rings. The molecule has 0 heterocycles. The number of hydrogen-bond acceptors (Lipinski definition) is 2. The van der Waals surface area contributed by atoms with E-state index in [0.717, 1.165) is 25.0 Å². The Kier molecular flexibility index (Phi) is 3.61. The fourth-order valence-corrected chi connectivity index (χ4v) is 2.00. The summed E-state index contributed by atoms with van der Waals surface area (Å²) < 4.78 is 26.7. The second kappa shape index (κ2) is 5.02. The fraction of sp³-hybridized carbons (Fsp3) is 0.462. The van der Waals surface area contributed by atoms with E-state index >= 15 is 0 Å². The smallest absolute Gasteiger partial charge is 0.257 e. The van der Waals surface area contributed by atoms with Gasteiger partial charge in [0, 0.05) is 13.2 Å². The number of rotatable bonds is 5. The number of amides is 1. The molecule has 0 aromatic heterocycles. The molecule has 18 heavy (non-hydrogen) atoms. The molecule has 1 fully saturated rings. The first-order chi connectivity index (χ1) is 8.58. The van der Waals surface area contributed by atoms with E-state index < -0.39 is 23.1 Å². The monoisotopic (exact) mass is 255 g/mol. The molecule has 5 heteroatoms. The van der Waals surface area contributed by atoms with Gasteiger partial charge in [-0.1, -0.05) is 6.07 Å². The molecule has 1 aliphatic carbocycles. The van der Waals surface area contributed by atoms with Crippen LogP contribution in [-0.2, 0) is 0 Å². The van der Waals surface area contributed by atoms with Crippen molar-refractivity contribution in [3.8, 4) is 0 Å². The first-order valence-electron chi connectivity index (χ1n) is 5.91. The zero-order chi connectivity index (χ0) is 13.2. The fourth-order valence-electron chi connectivity index (χ4n) is 2.00. The lowest BCUT2D eigenvalue weighted by atomic mass is 10.0. The van der Waals surface area contributed by atoms with Gasteiger partial charge in [0.25, 0.3) is 5.91 Å². The van der Waals surface area contributed by atoms with Crippen molar-refractivity contribution in [2.24, 2.45) is 5.41 Å². The average molecular weight is 255 g/mol.